The van der Waals surface area contributed by atoms with Gasteiger partial charge in [0.2, 0.25) is 16.8 Å². The summed E-state index contributed by atoms with van der Waals surface area (Å²) in [5.41, 5.74) is -0.634. The van der Waals surface area contributed by atoms with Crippen molar-refractivity contribution < 1.29 is 155 Å². The van der Waals surface area contributed by atoms with Crippen LogP contribution in [0.4, 0.5) is 39.5 Å². The third-order valence-corrected chi connectivity index (χ3v) is 24.1. The van der Waals surface area contributed by atoms with E-state index in [9.17, 15) is 83.9 Å². The van der Waals surface area contributed by atoms with Gasteiger partial charge in [-0.15, -0.1) is 0 Å². The van der Waals surface area contributed by atoms with Gasteiger partial charge in [-0.05, 0) is 265 Å². The van der Waals surface area contributed by atoms with Crippen molar-refractivity contribution in [2.75, 3.05) is 13.2 Å². The standard InChI is InChI=1S/C24H22F3NO5.C22H20F3NO4S.C21H18F3NO4S.C21H19NO6.C21H21NO5/c1-3-23(2,22(29)30)32-19-12-10-18(11-13-19)31-14-4-5-20-15-21(28-33-20)16-6-8-17(9-7-16)24(25,26)27;1-3-21(2,20(27)28)30-17-10-8-16(9-11-17)29-13-18-12-19(26-31-18)14-4-6-15(7-5-14)22(23,24)25;1-20(2,19(26)27)29-16-9-7-15(8-10-16)28-12-17-11-18(25-30-17)13-3-5-14(6-4-13)21(22,23)24;23-20(24)21(11-4-12-26-21)27-17-9-7-16(8-10-17)25-14-18-13-19(22-28-18)15-5-2-1-3-6-15;1-3-21(2,20(23)24)26-17-11-9-16(10-12-17)25-14-18-13-19(22-27-18)15-7-5-4-6-8-15/h4-13,15H,3,14H2,1-2H3,(H,29,30);4-12H,3,13H2,1-2H3,(H,27,28);3-11H,12H2,1-2H3,(H,26,27);1-3,5-10,13H,4,11-12,14H2,(H,23,24);4-13H,3,14H2,1-2H3,(H,23,24)/b5-4+;;;;. The van der Waals surface area contributed by atoms with E-state index in [1.807, 2.05) is 72.8 Å². The lowest BCUT2D eigenvalue weighted by Crippen LogP contribution is -2.43. The molecule has 0 saturated carbocycles. The maximum absolute atomic E-state index is 12.7. The zero-order valence-electron chi connectivity index (χ0n) is 81.0. The molecule has 5 aromatic heterocycles. The number of alkyl halides is 9. The van der Waals surface area contributed by atoms with Crippen LogP contribution in [0.1, 0.15) is 131 Å². The second-order valence-electron chi connectivity index (χ2n) is 34.0. The summed E-state index contributed by atoms with van der Waals surface area (Å²) in [5.74, 6) is -0.226. The second kappa shape index (κ2) is 50.1. The van der Waals surface area contributed by atoms with E-state index in [2.05, 4.69) is 24.2 Å². The second-order valence-corrected chi connectivity index (χ2v) is 35.8. The number of hydrogen-bond donors (Lipinski definition) is 5. The minimum Gasteiger partial charge on any atom is -0.490 e. The number of ether oxygens (including phenoxy) is 11. The van der Waals surface area contributed by atoms with Crippen molar-refractivity contribution in [1.29, 1.82) is 0 Å². The first-order valence-corrected chi connectivity index (χ1v) is 47.4. The highest BCUT2D eigenvalue weighted by atomic mass is 32.1. The summed E-state index contributed by atoms with van der Waals surface area (Å²) in [4.78, 5) is 58.2. The van der Waals surface area contributed by atoms with Crippen LogP contribution in [-0.4, -0.2) is 121 Å². The molecule has 16 rings (SSSR count). The van der Waals surface area contributed by atoms with E-state index in [-0.39, 0.29) is 33.0 Å². The highest BCUT2D eigenvalue weighted by molar-refractivity contribution is 7.06. The van der Waals surface area contributed by atoms with Crippen molar-refractivity contribution in [3.05, 3.63) is 335 Å². The zero-order chi connectivity index (χ0) is 107. The van der Waals surface area contributed by atoms with Crippen LogP contribution in [0.3, 0.4) is 0 Å². The Bertz CT molecular complexity index is 6890. The summed E-state index contributed by atoms with van der Waals surface area (Å²) in [6, 6.07) is 75.9. The number of aliphatic carboxylic acids is 5. The summed E-state index contributed by atoms with van der Waals surface area (Å²) in [5, 5.41) is 58.3. The fourth-order valence-corrected chi connectivity index (χ4v) is 14.5. The molecule has 40 heteroatoms. The number of carboxylic acids is 5. The minimum atomic E-state index is -4.39. The molecular formula is C109H100F9N5O24S2. The lowest BCUT2D eigenvalue weighted by atomic mass is 10.0. The molecule has 10 aromatic carbocycles. The van der Waals surface area contributed by atoms with Gasteiger partial charge in [-0.2, -0.15) is 48.3 Å². The Kier molecular flexibility index (Phi) is 37.4. The van der Waals surface area contributed by atoms with E-state index in [0.717, 1.165) is 68.7 Å². The van der Waals surface area contributed by atoms with Gasteiger partial charge in [0.05, 0.1) is 44.4 Å². The molecular weight excluding hydrogens is 2000 g/mol. The molecule has 29 nitrogen and oxygen atoms in total. The maximum atomic E-state index is 12.7. The molecule has 1 fully saturated rings. The summed E-state index contributed by atoms with van der Waals surface area (Å²) >= 11 is 2.40. The van der Waals surface area contributed by atoms with E-state index in [0.29, 0.717) is 147 Å². The number of hydrogen-bond acceptors (Lipinski definition) is 26. The molecule has 149 heavy (non-hydrogen) atoms. The monoisotopic (exact) mass is 2100 g/mol. The molecule has 0 spiro atoms. The van der Waals surface area contributed by atoms with Crippen LogP contribution in [0.2, 0.25) is 0 Å². The number of carbonyl (C=O) groups is 5. The molecule has 0 bridgehead atoms. The molecule has 0 amide bonds. The van der Waals surface area contributed by atoms with Gasteiger partial charge in [0.15, 0.2) is 22.9 Å². The molecule has 0 aliphatic carbocycles. The van der Waals surface area contributed by atoms with E-state index in [4.69, 9.17) is 70.8 Å². The van der Waals surface area contributed by atoms with Crippen LogP contribution >= 0.6 is 23.1 Å². The average molecular weight is 2100 g/mol. The lowest BCUT2D eigenvalue weighted by Gasteiger charge is -2.24. The van der Waals surface area contributed by atoms with Crippen molar-refractivity contribution >= 4 is 59.0 Å². The minimum absolute atomic E-state index is 0.221. The summed E-state index contributed by atoms with van der Waals surface area (Å²) in [6.07, 6.45) is -7.86. The Morgan fingerprint density at radius 1 is 0.356 bits per heavy atom. The van der Waals surface area contributed by atoms with Gasteiger partial charge < -0.3 is 91.2 Å². The third kappa shape index (κ3) is 32.0. The largest absolute Gasteiger partial charge is 0.490 e. The van der Waals surface area contributed by atoms with Crippen molar-refractivity contribution in [3.8, 4) is 114 Å². The SMILES string of the molecule is CC(C)(Oc1ccc(OCc2cc(-c3ccc(C(F)(F)F)cc3)ns2)cc1)C(=O)O.CCC(C)(Oc1ccc(OC/C=C/c2cc(-c3ccc(C(F)(F)F)cc3)no2)cc1)C(=O)O.CCC(C)(Oc1ccc(OCc2cc(-c3ccc(C(F)(F)F)cc3)ns2)cc1)C(=O)O.CCC(C)(Oc1ccc(OCc2cc(-c3ccccc3)no2)cc1)C(=O)O.O=C(O)C1(Oc2ccc(OCc3cc(-c4ccccc4)no3)cc2)CCCO1. The van der Waals surface area contributed by atoms with Crippen molar-refractivity contribution in [2.24, 2.45) is 0 Å². The van der Waals surface area contributed by atoms with Gasteiger partial charge >= 0.3 is 54.2 Å². The van der Waals surface area contributed by atoms with Crippen molar-refractivity contribution in [2.45, 2.75) is 161 Å². The van der Waals surface area contributed by atoms with E-state index < -0.39 is 93.3 Å². The van der Waals surface area contributed by atoms with Gasteiger partial charge in [-0.1, -0.05) is 133 Å². The van der Waals surface area contributed by atoms with E-state index in [1.165, 1.54) is 87.2 Å². The van der Waals surface area contributed by atoms with Crippen LogP contribution in [0.25, 0.3) is 62.4 Å². The molecule has 780 valence electrons. The van der Waals surface area contributed by atoms with E-state index >= 15 is 0 Å². The number of carboxylic acid groups (broad SMARTS) is 5. The van der Waals surface area contributed by atoms with E-state index in [1.54, 1.807) is 179 Å². The Morgan fingerprint density at radius 2 is 0.664 bits per heavy atom. The average Bonchev–Trinajstić information content (AvgIpc) is 1.69. The molecule has 0 radical (unpaired) electrons. The first-order chi connectivity index (χ1) is 70.9. The van der Waals surface area contributed by atoms with Crippen LogP contribution in [0.5, 0.6) is 57.5 Å². The van der Waals surface area contributed by atoms with Crippen LogP contribution < -0.4 is 47.4 Å². The zero-order valence-corrected chi connectivity index (χ0v) is 82.6. The number of rotatable bonds is 39. The summed E-state index contributed by atoms with van der Waals surface area (Å²) in [6.45, 7) is 14.3. The quantitative estimate of drug-likeness (QED) is 0.0223. The highest BCUT2D eigenvalue weighted by Crippen LogP contribution is 2.39. The van der Waals surface area contributed by atoms with Gasteiger partial charge in [-0.25, -0.2) is 24.0 Å². The number of nitrogens with zero attached hydrogens (tertiary/aromatic N) is 5. The van der Waals surface area contributed by atoms with Crippen molar-refractivity contribution in [1.82, 2.24) is 24.2 Å². The van der Waals surface area contributed by atoms with Gasteiger partial charge in [0.1, 0.15) is 108 Å². The Labute approximate surface area is 855 Å². The number of aromatic nitrogens is 5. The summed E-state index contributed by atoms with van der Waals surface area (Å²) in [7, 11) is 0. The molecule has 6 heterocycles. The Balaban J connectivity index is 0.000000165. The van der Waals surface area contributed by atoms with Crippen LogP contribution in [0.15, 0.2) is 305 Å². The van der Waals surface area contributed by atoms with Gasteiger partial charge in [0.25, 0.3) is 0 Å². The smallest absolute Gasteiger partial charge is 0.416 e. The lowest BCUT2D eigenvalue weighted by molar-refractivity contribution is -0.197. The third-order valence-electron chi connectivity index (χ3n) is 22.6. The predicted molar refractivity (Wildman–Crippen MR) is 529 cm³/mol. The highest BCUT2D eigenvalue weighted by Gasteiger charge is 2.46. The predicted octanol–water partition coefficient (Wildman–Crippen LogP) is 26.2. The maximum Gasteiger partial charge on any atom is 0.416 e. The molecule has 4 unspecified atom stereocenters. The molecule has 5 N–H and O–H groups in total. The molecule has 1 saturated heterocycles. The first kappa shape index (κ1) is 111. The fraction of sp³-hybridized carbons (Fsp3) is 0.248. The van der Waals surface area contributed by atoms with Gasteiger partial charge in [0, 0.05) is 52.4 Å². The number of halogens is 9. The van der Waals surface area contributed by atoms with Gasteiger partial charge in [-0.3, -0.25) is 0 Å². The molecule has 4 atom stereocenters. The molecule has 1 aliphatic heterocycles. The van der Waals surface area contributed by atoms with Crippen molar-refractivity contribution in [3.63, 3.8) is 0 Å². The molecule has 1 aliphatic rings. The van der Waals surface area contributed by atoms with Crippen LogP contribution in [0, 0.1) is 0 Å². The Hall–Kier alpha value is -16.5. The van der Waals surface area contributed by atoms with Crippen LogP contribution in [-0.2, 0) is 73.7 Å². The summed E-state index contributed by atoms with van der Waals surface area (Å²) < 4.78 is 200. The number of benzene rings is 10. The molecule has 15 aromatic rings. The topological polar surface area (TPSA) is 392 Å². The fourth-order valence-electron chi connectivity index (χ4n) is 13.2. The Morgan fingerprint density at radius 3 is 0.987 bits per heavy atom. The first-order valence-electron chi connectivity index (χ1n) is 45.9. The normalized spacial score (nSPS) is 14.1.